The van der Waals surface area contributed by atoms with E-state index < -0.39 is 12.2 Å². The molecular weight excluding hydrogens is 260 g/mol. The zero-order valence-electron chi connectivity index (χ0n) is 10.4. The molecule has 0 aromatic heterocycles. The van der Waals surface area contributed by atoms with Crippen molar-refractivity contribution in [1.82, 2.24) is 10.9 Å². The standard InChI is InChI=1S/C14H12N2O4/c17-13(19-11-7-3-1-4-8-11)15-16-14(18)20-12-9-5-2-6-10-12/h1-10H,(H,15,17)(H,16,18). The molecular formula is C14H12N2O4. The van der Waals surface area contributed by atoms with Crippen molar-refractivity contribution >= 4 is 12.2 Å². The predicted octanol–water partition coefficient (Wildman–Crippen LogP) is 2.48. The van der Waals surface area contributed by atoms with Crippen molar-refractivity contribution in [1.29, 1.82) is 0 Å². The Hall–Kier alpha value is -3.02. The maximum Gasteiger partial charge on any atom is 0.431 e. The van der Waals surface area contributed by atoms with Crippen LogP contribution in [0.4, 0.5) is 9.59 Å². The van der Waals surface area contributed by atoms with Crippen molar-refractivity contribution < 1.29 is 19.1 Å². The quantitative estimate of drug-likeness (QED) is 0.823. The van der Waals surface area contributed by atoms with Gasteiger partial charge in [-0.1, -0.05) is 36.4 Å². The third kappa shape index (κ3) is 4.34. The molecule has 0 aliphatic heterocycles. The number of rotatable bonds is 2. The van der Waals surface area contributed by atoms with Gasteiger partial charge in [-0.05, 0) is 24.3 Å². The normalized spacial score (nSPS) is 9.40. The van der Waals surface area contributed by atoms with Crippen LogP contribution < -0.4 is 20.3 Å². The van der Waals surface area contributed by atoms with E-state index in [-0.39, 0.29) is 0 Å². The van der Waals surface area contributed by atoms with Gasteiger partial charge in [0.15, 0.2) is 0 Å². The average molecular weight is 272 g/mol. The molecule has 0 saturated heterocycles. The molecule has 0 atom stereocenters. The van der Waals surface area contributed by atoms with Gasteiger partial charge in [-0.3, -0.25) is 0 Å². The Bertz CT molecular complexity index is 519. The molecule has 0 heterocycles. The first-order chi connectivity index (χ1) is 9.74. The predicted molar refractivity (Wildman–Crippen MR) is 71.2 cm³/mol. The van der Waals surface area contributed by atoms with Gasteiger partial charge in [-0.15, -0.1) is 0 Å². The van der Waals surface area contributed by atoms with E-state index in [9.17, 15) is 9.59 Å². The SMILES string of the molecule is O=C(NNC(=O)Oc1ccccc1)Oc1ccccc1. The molecule has 0 aliphatic rings. The Morgan fingerprint density at radius 3 is 1.35 bits per heavy atom. The van der Waals surface area contributed by atoms with Crippen LogP contribution in [0.2, 0.25) is 0 Å². The summed E-state index contributed by atoms with van der Waals surface area (Å²) in [5.41, 5.74) is 4.13. The number of hydrogen-bond acceptors (Lipinski definition) is 4. The highest BCUT2D eigenvalue weighted by Gasteiger charge is 2.07. The van der Waals surface area contributed by atoms with E-state index in [4.69, 9.17) is 9.47 Å². The van der Waals surface area contributed by atoms with Crippen LogP contribution in [0.3, 0.4) is 0 Å². The van der Waals surface area contributed by atoms with Crippen LogP contribution in [0.15, 0.2) is 60.7 Å². The van der Waals surface area contributed by atoms with Gasteiger partial charge in [0, 0.05) is 0 Å². The van der Waals surface area contributed by atoms with Crippen LogP contribution in [0.1, 0.15) is 0 Å². The van der Waals surface area contributed by atoms with E-state index in [1.807, 2.05) is 0 Å². The summed E-state index contributed by atoms with van der Waals surface area (Å²) in [6.45, 7) is 0. The number of amides is 2. The van der Waals surface area contributed by atoms with Crippen LogP contribution in [-0.4, -0.2) is 12.2 Å². The molecule has 2 aromatic rings. The minimum atomic E-state index is -0.818. The highest BCUT2D eigenvalue weighted by molar-refractivity contribution is 5.76. The number of para-hydroxylation sites is 2. The van der Waals surface area contributed by atoms with Crippen LogP contribution in [0, 0.1) is 0 Å². The minimum Gasteiger partial charge on any atom is -0.409 e. The summed E-state index contributed by atoms with van der Waals surface area (Å²) in [5, 5.41) is 0. The second kappa shape index (κ2) is 6.79. The first kappa shape index (κ1) is 13.4. The number of ether oxygens (including phenoxy) is 2. The summed E-state index contributed by atoms with van der Waals surface area (Å²) >= 11 is 0. The van der Waals surface area contributed by atoms with Gasteiger partial charge >= 0.3 is 12.2 Å². The molecule has 2 amide bonds. The first-order valence-corrected chi connectivity index (χ1v) is 5.80. The minimum absolute atomic E-state index is 0.364. The van der Waals surface area contributed by atoms with Crippen LogP contribution in [0.25, 0.3) is 0 Å². The molecule has 0 fully saturated rings. The lowest BCUT2D eigenvalue weighted by molar-refractivity contribution is 0.179. The maximum absolute atomic E-state index is 11.4. The van der Waals surface area contributed by atoms with Crippen molar-refractivity contribution in [2.45, 2.75) is 0 Å². The van der Waals surface area contributed by atoms with Crippen molar-refractivity contribution in [2.75, 3.05) is 0 Å². The zero-order valence-corrected chi connectivity index (χ0v) is 10.4. The molecule has 0 radical (unpaired) electrons. The molecule has 0 spiro atoms. The highest BCUT2D eigenvalue weighted by Crippen LogP contribution is 2.08. The van der Waals surface area contributed by atoms with E-state index in [0.29, 0.717) is 11.5 Å². The van der Waals surface area contributed by atoms with E-state index in [1.165, 1.54) is 0 Å². The van der Waals surface area contributed by atoms with E-state index in [2.05, 4.69) is 10.9 Å². The zero-order chi connectivity index (χ0) is 14.2. The Kier molecular flexibility index (Phi) is 4.55. The molecule has 6 nitrogen and oxygen atoms in total. The van der Waals surface area contributed by atoms with Crippen LogP contribution >= 0.6 is 0 Å². The summed E-state index contributed by atoms with van der Waals surface area (Å²) in [5.74, 6) is 0.728. The van der Waals surface area contributed by atoms with Crippen molar-refractivity contribution in [3.8, 4) is 11.5 Å². The number of nitrogens with one attached hydrogen (secondary N) is 2. The fourth-order valence-corrected chi connectivity index (χ4v) is 1.34. The average Bonchev–Trinajstić information content (AvgIpc) is 2.47. The van der Waals surface area contributed by atoms with Gasteiger partial charge in [0.05, 0.1) is 0 Å². The fourth-order valence-electron chi connectivity index (χ4n) is 1.34. The number of carbonyl (C=O) groups is 2. The summed E-state index contributed by atoms with van der Waals surface area (Å²) in [7, 11) is 0. The molecule has 2 N–H and O–H groups in total. The van der Waals surface area contributed by atoms with Gasteiger partial charge in [-0.2, -0.15) is 0 Å². The molecule has 2 aromatic carbocycles. The van der Waals surface area contributed by atoms with Gasteiger partial charge in [0.2, 0.25) is 0 Å². The van der Waals surface area contributed by atoms with Gasteiger partial charge in [-0.25, -0.2) is 20.4 Å². The molecule has 2 rings (SSSR count). The second-order valence-corrected chi connectivity index (χ2v) is 3.66. The molecule has 0 aliphatic carbocycles. The number of hydrazine groups is 1. The monoisotopic (exact) mass is 272 g/mol. The smallest absolute Gasteiger partial charge is 0.409 e. The third-order valence-corrected chi connectivity index (χ3v) is 2.17. The van der Waals surface area contributed by atoms with Crippen LogP contribution in [0.5, 0.6) is 11.5 Å². The second-order valence-electron chi connectivity index (χ2n) is 3.66. The van der Waals surface area contributed by atoms with Crippen molar-refractivity contribution in [3.63, 3.8) is 0 Å². The van der Waals surface area contributed by atoms with Gasteiger partial charge < -0.3 is 9.47 Å². The van der Waals surface area contributed by atoms with E-state index in [1.54, 1.807) is 60.7 Å². The Morgan fingerprint density at radius 1 is 0.650 bits per heavy atom. The molecule has 0 unspecified atom stereocenters. The van der Waals surface area contributed by atoms with E-state index in [0.717, 1.165) is 0 Å². The highest BCUT2D eigenvalue weighted by atomic mass is 16.6. The number of benzene rings is 2. The largest absolute Gasteiger partial charge is 0.431 e. The van der Waals surface area contributed by atoms with Gasteiger partial charge in [0.1, 0.15) is 11.5 Å². The Balaban J connectivity index is 1.75. The molecule has 0 bridgehead atoms. The van der Waals surface area contributed by atoms with Crippen molar-refractivity contribution in [3.05, 3.63) is 60.7 Å². The van der Waals surface area contributed by atoms with E-state index >= 15 is 0 Å². The maximum atomic E-state index is 11.4. The molecule has 102 valence electrons. The van der Waals surface area contributed by atoms with Gasteiger partial charge in [0.25, 0.3) is 0 Å². The summed E-state index contributed by atoms with van der Waals surface area (Å²) < 4.78 is 9.79. The number of carbonyl (C=O) groups excluding carboxylic acids is 2. The summed E-state index contributed by atoms with van der Waals surface area (Å²) in [6, 6.07) is 16.9. The molecule has 0 saturated carbocycles. The lowest BCUT2D eigenvalue weighted by Gasteiger charge is -2.08. The number of hydrogen-bond donors (Lipinski definition) is 2. The summed E-state index contributed by atoms with van der Waals surface area (Å²) in [6.07, 6.45) is -1.64. The lowest BCUT2D eigenvalue weighted by atomic mass is 10.3. The Labute approximate surface area is 115 Å². The molecule has 6 heteroatoms. The van der Waals surface area contributed by atoms with Crippen LogP contribution in [-0.2, 0) is 0 Å². The topological polar surface area (TPSA) is 76.7 Å². The fraction of sp³-hybridized carbons (Fsp3) is 0. The lowest BCUT2D eigenvalue weighted by Crippen LogP contribution is -2.44. The van der Waals surface area contributed by atoms with Crippen molar-refractivity contribution in [2.24, 2.45) is 0 Å². The summed E-state index contributed by atoms with van der Waals surface area (Å²) in [4.78, 5) is 22.7. The first-order valence-electron chi connectivity index (χ1n) is 5.80. The third-order valence-electron chi connectivity index (χ3n) is 2.17. The Morgan fingerprint density at radius 2 is 1.00 bits per heavy atom. The molecule has 20 heavy (non-hydrogen) atoms.